The van der Waals surface area contributed by atoms with Crippen LogP contribution >= 0.6 is 0 Å². The van der Waals surface area contributed by atoms with Gasteiger partial charge in [0.2, 0.25) is 0 Å². The largest absolute Gasteiger partial charge is 0.319 e. The predicted octanol–water partition coefficient (Wildman–Crippen LogP) is 4.03. The number of nitrogens with zero attached hydrogens (tertiary/aromatic N) is 2. The van der Waals surface area contributed by atoms with Crippen molar-refractivity contribution in [2.24, 2.45) is 0 Å². The lowest BCUT2D eigenvalue weighted by atomic mass is 10.0. The topological polar surface area (TPSA) is 64.0 Å². The van der Waals surface area contributed by atoms with Crippen molar-refractivity contribution in [1.82, 2.24) is 9.78 Å². The van der Waals surface area contributed by atoms with E-state index >= 15 is 0 Å². The molecule has 3 rings (SSSR count). The predicted molar refractivity (Wildman–Crippen MR) is 98.2 cm³/mol. The number of carbonyl (C=O) groups is 1. The first kappa shape index (κ1) is 19.3. The van der Waals surface area contributed by atoms with Gasteiger partial charge in [0.15, 0.2) is 11.6 Å². The summed E-state index contributed by atoms with van der Waals surface area (Å²) in [5, 5.41) is 6.07. The Morgan fingerprint density at radius 1 is 1.00 bits per heavy atom. The van der Waals surface area contributed by atoms with E-state index in [0.29, 0.717) is 0 Å². The van der Waals surface area contributed by atoms with Gasteiger partial charge in [-0.1, -0.05) is 19.9 Å². The number of anilines is 1. The zero-order chi connectivity index (χ0) is 20.4. The quantitative estimate of drug-likeness (QED) is 0.735. The molecule has 0 saturated carbocycles. The molecule has 2 aromatic carbocycles. The molecule has 0 aliphatic rings. The van der Waals surface area contributed by atoms with E-state index in [1.54, 1.807) is 13.8 Å². The fraction of sp³-hybridized carbons (Fsp3) is 0.150. The van der Waals surface area contributed by atoms with Gasteiger partial charge in [-0.3, -0.25) is 9.59 Å². The van der Waals surface area contributed by atoms with Gasteiger partial charge in [-0.25, -0.2) is 13.2 Å². The van der Waals surface area contributed by atoms with Crippen molar-refractivity contribution < 1.29 is 18.0 Å². The molecule has 0 fully saturated rings. The van der Waals surface area contributed by atoms with Gasteiger partial charge < -0.3 is 5.32 Å². The molecule has 0 atom stereocenters. The molecule has 5 nitrogen and oxygen atoms in total. The first-order valence-electron chi connectivity index (χ1n) is 8.43. The standard InChI is InChI=1S/C20H16F3N3O2/c1-11(2)14-7-8-16(18(23)17(14)22)25-19(27)15-9-10-24-26(20(15)28)13-5-3-12(21)4-6-13/h3-11H,1-2H3,(H,25,27). The highest BCUT2D eigenvalue weighted by atomic mass is 19.2. The second-order valence-corrected chi connectivity index (χ2v) is 6.38. The van der Waals surface area contributed by atoms with Crippen LogP contribution in [-0.4, -0.2) is 15.7 Å². The molecule has 0 aliphatic carbocycles. The fourth-order valence-corrected chi connectivity index (χ4v) is 2.65. The first-order chi connectivity index (χ1) is 13.3. The Balaban J connectivity index is 1.94. The van der Waals surface area contributed by atoms with E-state index in [2.05, 4.69) is 10.4 Å². The molecule has 3 aromatic rings. The fourth-order valence-electron chi connectivity index (χ4n) is 2.65. The molecule has 144 valence electrons. The van der Waals surface area contributed by atoms with E-state index in [0.717, 1.165) is 22.9 Å². The summed E-state index contributed by atoms with van der Waals surface area (Å²) < 4.78 is 42.4. The maximum atomic E-state index is 14.3. The minimum atomic E-state index is -1.20. The summed E-state index contributed by atoms with van der Waals surface area (Å²) in [6.45, 7) is 3.43. The summed E-state index contributed by atoms with van der Waals surface area (Å²) in [5.41, 5.74) is -1.06. The maximum absolute atomic E-state index is 14.3. The molecule has 8 heteroatoms. The van der Waals surface area contributed by atoms with Crippen LogP contribution < -0.4 is 10.9 Å². The molecular formula is C20H16F3N3O2. The molecule has 0 saturated heterocycles. The molecule has 0 radical (unpaired) electrons. The Kier molecular flexibility index (Phi) is 5.30. The zero-order valence-corrected chi connectivity index (χ0v) is 15.0. The number of hydrogen-bond acceptors (Lipinski definition) is 3. The Morgan fingerprint density at radius 3 is 2.32 bits per heavy atom. The third kappa shape index (κ3) is 3.66. The Labute approximate surface area is 158 Å². The number of amides is 1. The van der Waals surface area contributed by atoms with E-state index in [4.69, 9.17) is 0 Å². The van der Waals surface area contributed by atoms with Gasteiger partial charge in [0.1, 0.15) is 11.4 Å². The van der Waals surface area contributed by atoms with Gasteiger partial charge in [0, 0.05) is 6.20 Å². The molecule has 0 bridgehead atoms. The van der Waals surface area contributed by atoms with Crippen LogP contribution in [0.15, 0.2) is 53.5 Å². The summed E-state index contributed by atoms with van der Waals surface area (Å²) in [5.74, 6) is -3.90. The highest BCUT2D eigenvalue weighted by Crippen LogP contribution is 2.26. The van der Waals surface area contributed by atoms with Crippen molar-refractivity contribution in [1.29, 1.82) is 0 Å². The van der Waals surface area contributed by atoms with Crippen LogP contribution in [0.2, 0.25) is 0 Å². The van der Waals surface area contributed by atoms with Crippen molar-refractivity contribution >= 4 is 11.6 Å². The van der Waals surface area contributed by atoms with Crippen LogP contribution in [0.25, 0.3) is 5.69 Å². The number of nitrogens with one attached hydrogen (secondary N) is 1. The van der Waals surface area contributed by atoms with Crippen molar-refractivity contribution in [3.05, 3.63) is 87.6 Å². The van der Waals surface area contributed by atoms with Gasteiger partial charge in [-0.2, -0.15) is 9.78 Å². The molecule has 1 amide bonds. The summed E-state index contributed by atoms with van der Waals surface area (Å²) in [6, 6.07) is 8.72. The minimum absolute atomic E-state index is 0.179. The lowest BCUT2D eigenvalue weighted by molar-refractivity contribution is 0.102. The lowest BCUT2D eigenvalue weighted by Gasteiger charge is -2.12. The molecule has 1 N–H and O–H groups in total. The maximum Gasteiger partial charge on any atom is 0.284 e. The monoisotopic (exact) mass is 387 g/mol. The van der Waals surface area contributed by atoms with Crippen LogP contribution in [0.5, 0.6) is 0 Å². The molecule has 1 heterocycles. The molecule has 1 aromatic heterocycles. The normalized spacial score (nSPS) is 10.9. The van der Waals surface area contributed by atoms with E-state index in [-0.39, 0.29) is 28.4 Å². The number of aromatic nitrogens is 2. The average molecular weight is 387 g/mol. The second kappa shape index (κ2) is 7.67. The summed E-state index contributed by atoms with van der Waals surface area (Å²) in [6.07, 6.45) is 1.21. The smallest absolute Gasteiger partial charge is 0.284 e. The SMILES string of the molecule is CC(C)c1ccc(NC(=O)c2ccnn(-c3ccc(F)cc3)c2=O)c(F)c1F. The van der Waals surface area contributed by atoms with E-state index in [1.807, 2.05) is 0 Å². The number of rotatable bonds is 4. The molecule has 0 aliphatic heterocycles. The van der Waals surface area contributed by atoms with Crippen LogP contribution in [0.1, 0.15) is 35.7 Å². The van der Waals surface area contributed by atoms with Gasteiger partial charge in [0.05, 0.1) is 11.4 Å². The Morgan fingerprint density at radius 2 is 1.68 bits per heavy atom. The number of carbonyl (C=O) groups excluding carboxylic acids is 1. The average Bonchev–Trinajstić information content (AvgIpc) is 2.66. The van der Waals surface area contributed by atoms with Gasteiger partial charge in [0.25, 0.3) is 11.5 Å². The van der Waals surface area contributed by atoms with Crippen LogP contribution in [-0.2, 0) is 0 Å². The lowest BCUT2D eigenvalue weighted by Crippen LogP contribution is -2.29. The van der Waals surface area contributed by atoms with E-state index < -0.39 is 28.9 Å². The van der Waals surface area contributed by atoms with Gasteiger partial charge in [-0.05, 0) is 47.9 Å². The molecular weight excluding hydrogens is 371 g/mol. The molecule has 0 spiro atoms. The van der Waals surface area contributed by atoms with Crippen LogP contribution in [0.3, 0.4) is 0 Å². The summed E-state index contributed by atoms with van der Waals surface area (Å²) in [7, 11) is 0. The Bertz CT molecular complexity index is 1090. The van der Waals surface area contributed by atoms with Gasteiger partial charge >= 0.3 is 0 Å². The highest BCUT2D eigenvalue weighted by Gasteiger charge is 2.19. The van der Waals surface area contributed by atoms with E-state index in [9.17, 15) is 22.8 Å². The second-order valence-electron chi connectivity index (χ2n) is 6.38. The molecule has 28 heavy (non-hydrogen) atoms. The molecule has 0 unspecified atom stereocenters. The number of benzene rings is 2. The van der Waals surface area contributed by atoms with E-state index in [1.165, 1.54) is 30.5 Å². The van der Waals surface area contributed by atoms with Crippen molar-refractivity contribution in [2.75, 3.05) is 5.32 Å². The van der Waals surface area contributed by atoms with Crippen LogP contribution in [0.4, 0.5) is 18.9 Å². The number of hydrogen-bond donors (Lipinski definition) is 1. The number of halogens is 3. The summed E-state index contributed by atoms with van der Waals surface area (Å²) >= 11 is 0. The third-order valence-corrected chi connectivity index (χ3v) is 4.14. The van der Waals surface area contributed by atoms with Crippen molar-refractivity contribution in [2.45, 2.75) is 19.8 Å². The first-order valence-corrected chi connectivity index (χ1v) is 8.43. The van der Waals surface area contributed by atoms with Gasteiger partial charge in [-0.15, -0.1) is 0 Å². The minimum Gasteiger partial charge on any atom is -0.319 e. The Hall–Kier alpha value is -3.42. The van der Waals surface area contributed by atoms with Crippen LogP contribution in [0, 0.1) is 17.5 Å². The van der Waals surface area contributed by atoms with Crippen molar-refractivity contribution in [3.8, 4) is 5.69 Å². The third-order valence-electron chi connectivity index (χ3n) is 4.14. The zero-order valence-electron chi connectivity index (χ0n) is 15.0. The highest BCUT2D eigenvalue weighted by molar-refractivity contribution is 6.04. The summed E-state index contributed by atoms with van der Waals surface area (Å²) in [4.78, 5) is 25.0. The van der Waals surface area contributed by atoms with Crippen molar-refractivity contribution in [3.63, 3.8) is 0 Å².